The van der Waals surface area contributed by atoms with E-state index in [1.54, 1.807) is 30.7 Å². The first-order chi connectivity index (χ1) is 18.0. The van der Waals surface area contributed by atoms with E-state index in [1.165, 1.54) is 10.8 Å². The highest BCUT2D eigenvalue weighted by atomic mass is 16.5. The van der Waals surface area contributed by atoms with Crippen molar-refractivity contribution in [3.63, 3.8) is 0 Å². The molecule has 1 saturated heterocycles. The molecule has 0 bridgehead atoms. The van der Waals surface area contributed by atoms with E-state index in [-0.39, 0.29) is 29.7 Å². The standard InChI is InChI=1S/C27H27N7O3/c1-3-4-14-32-24-23(21(17-28)25(32)31-13-7-11-29-12-16-31)30(2)27(36)33(26(24)35)18-22-20-9-6-5-8-19(20)10-15-34(22)37/h5-6,8-10,15,29H,7,11-14,16,18H2,1-2H3. The summed E-state index contributed by atoms with van der Waals surface area (Å²) in [7, 11) is 1.55. The molecule has 4 aromatic rings. The summed E-state index contributed by atoms with van der Waals surface area (Å²) in [4.78, 5) is 29.6. The number of nitriles is 1. The van der Waals surface area contributed by atoms with Gasteiger partial charge in [-0.05, 0) is 31.3 Å². The Morgan fingerprint density at radius 1 is 1.11 bits per heavy atom. The summed E-state index contributed by atoms with van der Waals surface area (Å²) in [6, 6.07) is 11.3. The molecule has 0 unspecified atom stereocenters. The van der Waals surface area contributed by atoms with Crippen LogP contribution in [0, 0.1) is 28.4 Å². The Bertz CT molecular complexity index is 1740. The Hall–Kier alpha value is -4.54. The van der Waals surface area contributed by atoms with Gasteiger partial charge in [0.15, 0.2) is 6.20 Å². The van der Waals surface area contributed by atoms with Gasteiger partial charge in [0.25, 0.3) is 5.56 Å². The van der Waals surface area contributed by atoms with E-state index >= 15 is 0 Å². The minimum absolute atomic E-state index is 0.192. The zero-order valence-electron chi connectivity index (χ0n) is 20.8. The number of anilines is 1. The Labute approximate surface area is 213 Å². The van der Waals surface area contributed by atoms with E-state index in [0.717, 1.165) is 29.5 Å². The highest BCUT2D eigenvalue weighted by molar-refractivity contribution is 5.90. The van der Waals surface area contributed by atoms with Gasteiger partial charge in [-0.15, -0.1) is 5.92 Å². The van der Waals surface area contributed by atoms with Gasteiger partial charge < -0.3 is 20.0 Å². The number of rotatable bonds is 4. The highest BCUT2D eigenvalue weighted by Gasteiger charge is 2.28. The zero-order valence-corrected chi connectivity index (χ0v) is 20.8. The maximum atomic E-state index is 14.0. The fourth-order valence-electron chi connectivity index (χ4n) is 5.13. The first-order valence-corrected chi connectivity index (χ1v) is 12.2. The lowest BCUT2D eigenvalue weighted by Gasteiger charge is -2.24. The molecular weight excluding hydrogens is 470 g/mol. The van der Waals surface area contributed by atoms with Crippen molar-refractivity contribution in [3.8, 4) is 17.9 Å². The summed E-state index contributed by atoms with van der Waals surface area (Å²) in [5.41, 5.74) is -0.0624. The maximum absolute atomic E-state index is 14.0. The van der Waals surface area contributed by atoms with Crippen LogP contribution in [-0.2, 0) is 20.1 Å². The summed E-state index contributed by atoms with van der Waals surface area (Å²) < 4.78 is 4.85. The summed E-state index contributed by atoms with van der Waals surface area (Å²) in [5, 5.41) is 27.8. The molecule has 3 aromatic heterocycles. The summed E-state index contributed by atoms with van der Waals surface area (Å²) in [6.45, 7) is 4.65. The average molecular weight is 498 g/mol. The van der Waals surface area contributed by atoms with Gasteiger partial charge in [0.1, 0.15) is 29.5 Å². The first-order valence-electron chi connectivity index (χ1n) is 12.2. The van der Waals surface area contributed by atoms with Crippen LogP contribution >= 0.6 is 0 Å². The quantitative estimate of drug-likeness (QED) is 0.256. The van der Waals surface area contributed by atoms with Gasteiger partial charge in [-0.3, -0.25) is 9.36 Å². The molecule has 0 saturated carbocycles. The largest absolute Gasteiger partial charge is 0.618 e. The van der Waals surface area contributed by atoms with Crippen molar-refractivity contribution < 1.29 is 4.73 Å². The van der Waals surface area contributed by atoms with Crippen LogP contribution in [0.1, 0.15) is 24.6 Å². The topological polar surface area (TPSA) is 115 Å². The smallest absolute Gasteiger partial charge is 0.331 e. The van der Waals surface area contributed by atoms with E-state index in [9.17, 15) is 20.1 Å². The van der Waals surface area contributed by atoms with Gasteiger partial charge in [0.05, 0.1) is 17.4 Å². The van der Waals surface area contributed by atoms with E-state index in [2.05, 4.69) is 28.1 Å². The predicted octanol–water partition coefficient (Wildman–Crippen LogP) is 1.03. The molecule has 0 spiro atoms. The van der Waals surface area contributed by atoms with Crippen molar-refractivity contribution in [1.29, 1.82) is 5.26 Å². The fourth-order valence-corrected chi connectivity index (χ4v) is 5.13. The molecule has 1 aliphatic rings. The van der Waals surface area contributed by atoms with Crippen molar-refractivity contribution in [2.75, 3.05) is 31.1 Å². The number of nitrogens with zero attached hydrogens (tertiary/aromatic N) is 6. The van der Waals surface area contributed by atoms with Crippen LogP contribution in [0.15, 0.2) is 46.1 Å². The number of pyridine rings is 1. The second kappa shape index (κ2) is 9.84. The van der Waals surface area contributed by atoms with Crippen LogP contribution in [-0.4, -0.2) is 39.9 Å². The van der Waals surface area contributed by atoms with Gasteiger partial charge in [0.2, 0.25) is 5.69 Å². The van der Waals surface area contributed by atoms with E-state index < -0.39 is 11.2 Å². The molecule has 37 heavy (non-hydrogen) atoms. The molecule has 0 atom stereocenters. The summed E-state index contributed by atoms with van der Waals surface area (Å²) in [5.74, 6) is 6.49. The molecule has 10 heteroatoms. The third-order valence-electron chi connectivity index (χ3n) is 6.91. The molecule has 0 aliphatic carbocycles. The number of benzene rings is 1. The fraction of sp³-hybridized carbons (Fsp3) is 0.333. The van der Waals surface area contributed by atoms with Crippen molar-refractivity contribution in [3.05, 3.63) is 73.8 Å². The Morgan fingerprint density at radius 2 is 1.92 bits per heavy atom. The zero-order chi connectivity index (χ0) is 26.1. The normalized spacial score (nSPS) is 13.8. The van der Waals surface area contributed by atoms with Crippen molar-refractivity contribution in [2.45, 2.75) is 26.4 Å². The van der Waals surface area contributed by atoms with Gasteiger partial charge in [-0.2, -0.15) is 9.99 Å². The SMILES string of the molecule is CC#CCn1c(N2CCCNCC2)c(C#N)c2c1c(=O)n(Cc1c3ccccc3cc[n+]1[O-])c(=O)n2C. The summed E-state index contributed by atoms with van der Waals surface area (Å²) >= 11 is 0. The van der Waals surface area contributed by atoms with E-state index in [0.29, 0.717) is 34.7 Å². The van der Waals surface area contributed by atoms with Crippen LogP contribution in [0.2, 0.25) is 0 Å². The number of fused-ring (bicyclic) bond motifs is 2. The minimum Gasteiger partial charge on any atom is -0.618 e. The van der Waals surface area contributed by atoms with E-state index in [4.69, 9.17) is 0 Å². The van der Waals surface area contributed by atoms with Gasteiger partial charge >= 0.3 is 5.69 Å². The van der Waals surface area contributed by atoms with Gasteiger partial charge in [-0.25, -0.2) is 9.36 Å². The molecule has 0 amide bonds. The van der Waals surface area contributed by atoms with Gasteiger partial charge in [0, 0.05) is 32.7 Å². The molecule has 4 heterocycles. The molecular formula is C27H27N7O3. The first kappa shape index (κ1) is 24.2. The monoisotopic (exact) mass is 497 g/mol. The Kier molecular flexibility index (Phi) is 6.43. The van der Waals surface area contributed by atoms with Crippen LogP contribution < -0.4 is 26.2 Å². The van der Waals surface area contributed by atoms with Crippen LogP contribution in [0.3, 0.4) is 0 Å². The lowest BCUT2D eigenvalue weighted by atomic mass is 10.1. The molecule has 1 fully saturated rings. The lowest BCUT2D eigenvalue weighted by Crippen LogP contribution is -2.43. The second-order valence-corrected chi connectivity index (χ2v) is 9.02. The third kappa shape index (κ3) is 4.02. The lowest BCUT2D eigenvalue weighted by molar-refractivity contribution is -0.612. The van der Waals surface area contributed by atoms with Crippen molar-refractivity contribution >= 4 is 27.6 Å². The second-order valence-electron chi connectivity index (χ2n) is 9.02. The summed E-state index contributed by atoms with van der Waals surface area (Å²) in [6.07, 6.45) is 2.25. The number of aromatic nitrogens is 4. The maximum Gasteiger partial charge on any atom is 0.331 e. The van der Waals surface area contributed by atoms with Gasteiger partial charge in [-0.1, -0.05) is 24.1 Å². The van der Waals surface area contributed by atoms with Crippen LogP contribution in [0.5, 0.6) is 0 Å². The minimum atomic E-state index is -0.593. The average Bonchev–Trinajstić information content (AvgIpc) is 3.03. The molecule has 10 nitrogen and oxygen atoms in total. The number of nitrogens with one attached hydrogen (secondary N) is 1. The molecule has 1 N–H and O–H groups in total. The molecule has 5 rings (SSSR count). The molecule has 1 aromatic carbocycles. The third-order valence-corrected chi connectivity index (χ3v) is 6.91. The predicted molar refractivity (Wildman–Crippen MR) is 141 cm³/mol. The number of hydrogen-bond donors (Lipinski definition) is 1. The number of aryl methyl sites for hydroxylation is 1. The molecule has 188 valence electrons. The van der Waals surface area contributed by atoms with Crippen LogP contribution in [0.4, 0.5) is 5.82 Å². The van der Waals surface area contributed by atoms with E-state index in [1.807, 2.05) is 18.2 Å². The highest BCUT2D eigenvalue weighted by Crippen LogP contribution is 2.30. The van der Waals surface area contributed by atoms with Crippen LogP contribution in [0.25, 0.3) is 21.8 Å². The number of hydrogen-bond acceptors (Lipinski definition) is 6. The Morgan fingerprint density at radius 3 is 2.70 bits per heavy atom. The van der Waals surface area contributed by atoms with Crippen molar-refractivity contribution in [1.82, 2.24) is 19.0 Å². The van der Waals surface area contributed by atoms with Crippen molar-refractivity contribution in [2.24, 2.45) is 7.05 Å². The Balaban J connectivity index is 1.81. The molecule has 1 aliphatic heterocycles. The molecule has 0 radical (unpaired) electrons.